The van der Waals surface area contributed by atoms with E-state index in [0.29, 0.717) is 17.5 Å². The fraction of sp³-hybridized carbons (Fsp3) is 0.391. The zero-order valence-electron chi connectivity index (χ0n) is 16.9. The molecule has 0 fully saturated rings. The van der Waals surface area contributed by atoms with Crippen molar-refractivity contribution in [2.24, 2.45) is 0 Å². The molecule has 2 rings (SSSR count). The summed E-state index contributed by atoms with van der Waals surface area (Å²) in [4.78, 5) is 27.6. The predicted molar refractivity (Wildman–Crippen MR) is 114 cm³/mol. The van der Waals surface area contributed by atoms with Gasteiger partial charge in [0.2, 0.25) is 0 Å². The van der Waals surface area contributed by atoms with E-state index < -0.39 is 0 Å². The molecule has 0 heterocycles. The van der Waals surface area contributed by atoms with Gasteiger partial charge in [-0.15, -0.1) is 0 Å². The Labute approximate surface area is 162 Å². The summed E-state index contributed by atoms with van der Waals surface area (Å²) in [6.07, 6.45) is 2.36. The molecular formula is C23H30N2O2. The Morgan fingerprint density at radius 3 is 1.33 bits per heavy atom. The molecule has 0 saturated heterocycles. The number of anilines is 2. The molecule has 0 unspecified atom stereocenters. The van der Waals surface area contributed by atoms with Crippen LogP contribution in [0.1, 0.15) is 59.5 Å². The van der Waals surface area contributed by atoms with Gasteiger partial charge < -0.3 is 9.80 Å². The number of carbonyl (C=O) groups is 2. The van der Waals surface area contributed by atoms with Crippen LogP contribution in [0, 0.1) is 0 Å². The van der Waals surface area contributed by atoms with Crippen molar-refractivity contribution in [3.8, 4) is 0 Å². The van der Waals surface area contributed by atoms with Gasteiger partial charge in [0.25, 0.3) is 0 Å². The number of hydrogen-bond acceptors (Lipinski definition) is 4. The third kappa shape index (κ3) is 4.76. The third-order valence-corrected chi connectivity index (χ3v) is 5.15. The van der Waals surface area contributed by atoms with E-state index in [2.05, 4.69) is 49.6 Å². The molecule has 0 bridgehead atoms. The molecule has 0 aliphatic carbocycles. The minimum Gasteiger partial charge on any atom is -0.372 e. The first-order chi connectivity index (χ1) is 13.1. The number of rotatable bonds is 10. The lowest BCUT2D eigenvalue weighted by Crippen LogP contribution is -2.22. The first-order valence-electron chi connectivity index (χ1n) is 9.77. The minimum absolute atomic E-state index is 0.562. The molecule has 27 heavy (non-hydrogen) atoms. The molecule has 0 saturated carbocycles. The van der Waals surface area contributed by atoms with Crippen LogP contribution in [-0.2, 0) is 6.42 Å². The number of benzene rings is 2. The van der Waals surface area contributed by atoms with Crippen molar-refractivity contribution in [1.29, 1.82) is 0 Å². The molecule has 0 atom stereocenters. The second-order valence-corrected chi connectivity index (χ2v) is 6.52. The van der Waals surface area contributed by atoms with Gasteiger partial charge in [-0.2, -0.15) is 0 Å². The fourth-order valence-electron chi connectivity index (χ4n) is 3.50. The highest BCUT2D eigenvalue weighted by Gasteiger charge is 2.12. The quantitative estimate of drug-likeness (QED) is 0.577. The van der Waals surface area contributed by atoms with E-state index in [9.17, 15) is 9.59 Å². The van der Waals surface area contributed by atoms with Crippen molar-refractivity contribution in [1.82, 2.24) is 0 Å². The van der Waals surface area contributed by atoms with E-state index in [0.717, 1.165) is 61.3 Å². The molecule has 0 aromatic heterocycles. The van der Waals surface area contributed by atoms with Gasteiger partial charge in [0.05, 0.1) is 0 Å². The summed E-state index contributed by atoms with van der Waals surface area (Å²) >= 11 is 0. The van der Waals surface area contributed by atoms with Crippen molar-refractivity contribution in [2.75, 3.05) is 36.0 Å². The zero-order valence-corrected chi connectivity index (χ0v) is 16.9. The van der Waals surface area contributed by atoms with Crippen LogP contribution in [0.4, 0.5) is 11.4 Å². The molecule has 2 aromatic carbocycles. The van der Waals surface area contributed by atoms with E-state index in [-0.39, 0.29) is 0 Å². The topological polar surface area (TPSA) is 40.6 Å². The van der Waals surface area contributed by atoms with E-state index in [1.54, 1.807) is 0 Å². The van der Waals surface area contributed by atoms with Crippen LogP contribution < -0.4 is 9.80 Å². The van der Waals surface area contributed by atoms with Gasteiger partial charge in [-0.3, -0.25) is 9.59 Å². The Hall–Kier alpha value is -2.62. The molecule has 0 aliphatic rings. The van der Waals surface area contributed by atoms with Crippen LogP contribution in [0.25, 0.3) is 0 Å². The monoisotopic (exact) mass is 366 g/mol. The summed E-state index contributed by atoms with van der Waals surface area (Å²) in [6.45, 7) is 12.1. The average molecular weight is 367 g/mol. The first kappa shape index (κ1) is 20.7. The van der Waals surface area contributed by atoms with Gasteiger partial charge in [0.15, 0.2) is 0 Å². The fourth-order valence-corrected chi connectivity index (χ4v) is 3.50. The minimum atomic E-state index is 0.562. The van der Waals surface area contributed by atoms with Crippen LogP contribution in [0.2, 0.25) is 0 Å². The number of nitrogens with zero attached hydrogens (tertiary/aromatic N) is 2. The molecule has 4 nitrogen and oxygen atoms in total. The second-order valence-electron chi connectivity index (χ2n) is 6.52. The van der Waals surface area contributed by atoms with Crippen molar-refractivity contribution in [3.63, 3.8) is 0 Å². The van der Waals surface area contributed by atoms with Gasteiger partial charge in [-0.1, -0.05) is 0 Å². The van der Waals surface area contributed by atoms with Crippen molar-refractivity contribution >= 4 is 23.9 Å². The Morgan fingerprint density at radius 2 is 1.04 bits per heavy atom. The molecule has 0 spiro atoms. The summed E-state index contributed by atoms with van der Waals surface area (Å²) in [6, 6.07) is 11.9. The van der Waals surface area contributed by atoms with Crippen LogP contribution in [0.5, 0.6) is 0 Å². The lowest BCUT2D eigenvalue weighted by Gasteiger charge is -2.23. The molecule has 0 aliphatic heterocycles. The van der Waals surface area contributed by atoms with Crippen molar-refractivity contribution in [3.05, 3.63) is 58.7 Å². The average Bonchev–Trinajstić information content (AvgIpc) is 2.70. The van der Waals surface area contributed by atoms with Gasteiger partial charge in [-0.25, -0.2) is 0 Å². The molecular weight excluding hydrogens is 336 g/mol. The summed E-state index contributed by atoms with van der Waals surface area (Å²) < 4.78 is 0. The summed E-state index contributed by atoms with van der Waals surface area (Å²) in [7, 11) is 0. The smallest absolute Gasteiger partial charge is 0.150 e. The van der Waals surface area contributed by atoms with Gasteiger partial charge in [-0.05, 0) is 81.6 Å². The number of aldehydes is 2. The van der Waals surface area contributed by atoms with Crippen LogP contribution in [0.15, 0.2) is 36.4 Å². The zero-order chi connectivity index (χ0) is 19.8. The van der Waals surface area contributed by atoms with Crippen molar-refractivity contribution in [2.45, 2.75) is 34.1 Å². The SMILES string of the molecule is CCN(CC)c1ccc(C=O)c(Cc2cc(N(CC)CC)ccc2C=O)c1. The maximum absolute atomic E-state index is 11.6. The lowest BCUT2D eigenvalue weighted by molar-refractivity contribution is 0.111. The highest BCUT2D eigenvalue weighted by Crippen LogP contribution is 2.25. The van der Waals surface area contributed by atoms with Gasteiger partial charge in [0.1, 0.15) is 12.6 Å². The van der Waals surface area contributed by atoms with E-state index >= 15 is 0 Å². The Balaban J connectivity index is 2.48. The summed E-state index contributed by atoms with van der Waals surface area (Å²) in [5, 5.41) is 0. The maximum Gasteiger partial charge on any atom is 0.150 e. The van der Waals surface area contributed by atoms with Crippen molar-refractivity contribution < 1.29 is 9.59 Å². The Bertz CT molecular complexity index is 712. The van der Waals surface area contributed by atoms with Crippen LogP contribution in [-0.4, -0.2) is 38.8 Å². The lowest BCUT2D eigenvalue weighted by atomic mass is 9.95. The second kappa shape index (κ2) is 9.91. The standard InChI is InChI=1S/C23H30N2O2/c1-5-24(6-2)22-11-9-18(16-26)20(14-22)13-21-15-23(25(7-3)8-4)12-10-19(21)17-27/h9-12,14-17H,5-8,13H2,1-4H3. The normalized spacial score (nSPS) is 10.5. The Morgan fingerprint density at radius 1 is 0.667 bits per heavy atom. The van der Waals surface area contributed by atoms with E-state index in [1.807, 2.05) is 24.3 Å². The van der Waals surface area contributed by atoms with Gasteiger partial charge >= 0.3 is 0 Å². The molecule has 0 amide bonds. The molecule has 2 aromatic rings. The maximum atomic E-state index is 11.6. The molecule has 4 heteroatoms. The first-order valence-corrected chi connectivity index (χ1v) is 9.77. The van der Waals surface area contributed by atoms with E-state index in [1.165, 1.54) is 0 Å². The highest BCUT2D eigenvalue weighted by molar-refractivity contribution is 5.81. The van der Waals surface area contributed by atoms with Crippen LogP contribution in [0.3, 0.4) is 0 Å². The van der Waals surface area contributed by atoms with Crippen LogP contribution >= 0.6 is 0 Å². The third-order valence-electron chi connectivity index (χ3n) is 5.15. The number of carbonyl (C=O) groups excluding carboxylic acids is 2. The largest absolute Gasteiger partial charge is 0.372 e. The predicted octanol–water partition coefficient (Wildman–Crippen LogP) is 4.59. The summed E-state index contributed by atoms with van der Waals surface area (Å²) in [5.74, 6) is 0. The van der Waals surface area contributed by atoms with E-state index in [4.69, 9.17) is 0 Å². The number of hydrogen-bond donors (Lipinski definition) is 0. The Kier molecular flexibility index (Phi) is 7.59. The highest BCUT2D eigenvalue weighted by atomic mass is 16.1. The summed E-state index contributed by atoms with van der Waals surface area (Å²) in [5.41, 5.74) is 5.47. The molecule has 0 N–H and O–H groups in total. The van der Waals surface area contributed by atoms with Gasteiger partial charge in [0, 0.05) is 48.7 Å². The molecule has 0 radical (unpaired) electrons. The molecule has 144 valence electrons.